The molecule has 6 heteroatoms. The monoisotopic (exact) mass is 357 g/mol. The molecule has 1 unspecified atom stereocenters. The van der Waals surface area contributed by atoms with Crippen LogP contribution in [-0.4, -0.2) is 47.0 Å². The van der Waals surface area contributed by atoms with E-state index in [0.717, 1.165) is 18.4 Å². The average molecular weight is 357 g/mol. The summed E-state index contributed by atoms with van der Waals surface area (Å²) < 4.78 is 5.47. The Balaban J connectivity index is 2.06. The molecule has 1 saturated heterocycles. The minimum atomic E-state index is -0.587. The predicted molar refractivity (Wildman–Crippen MR) is 98.2 cm³/mol. The number of nitriles is 1. The molecule has 0 aliphatic carbocycles. The zero-order valence-electron chi connectivity index (χ0n) is 16.0. The molecule has 0 saturated carbocycles. The molecule has 26 heavy (non-hydrogen) atoms. The second-order valence-corrected chi connectivity index (χ2v) is 7.69. The van der Waals surface area contributed by atoms with Crippen molar-refractivity contribution < 1.29 is 14.3 Å². The Kier molecular flexibility index (Phi) is 6.25. The molecule has 1 aliphatic rings. The fourth-order valence-electron chi connectivity index (χ4n) is 3.02. The molecule has 1 aliphatic heterocycles. The largest absolute Gasteiger partial charge is 0.444 e. The summed E-state index contributed by atoms with van der Waals surface area (Å²) in [5, 5.41) is 8.87. The number of likely N-dealkylation sites (N-methyl/N-ethyl adjacent to an activating group) is 1. The van der Waals surface area contributed by atoms with E-state index in [1.165, 1.54) is 0 Å². The number of benzene rings is 1. The third-order valence-corrected chi connectivity index (χ3v) is 4.29. The van der Waals surface area contributed by atoms with Gasteiger partial charge in [-0.2, -0.15) is 5.26 Å². The van der Waals surface area contributed by atoms with Crippen LogP contribution in [0.2, 0.25) is 0 Å². The zero-order valence-corrected chi connectivity index (χ0v) is 16.0. The highest BCUT2D eigenvalue weighted by Crippen LogP contribution is 2.22. The first kappa shape index (κ1) is 19.8. The molecule has 1 atom stereocenters. The van der Waals surface area contributed by atoms with E-state index in [2.05, 4.69) is 6.07 Å². The summed E-state index contributed by atoms with van der Waals surface area (Å²) in [5.74, 6) is -0.0834. The average Bonchev–Trinajstić information content (AvgIpc) is 2.60. The summed E-state index contributed by atoms with van der Waals surface area (Å²) >= 11 is 0. The van der Waals surface area contributed by atoms with Gasteiger partial charge in [-0.25, -0.2) is 4.79 Å². The van der Waals surface area contributed by atoms with Crippen molar-refractivity contribution >= 4 is 12.0 Å². The van der Waals surface area contributed by atoms with Crippen LogP contribution in [0.3, 0.4) is 0 Å². The Morgan fingerprint density at radius 3 is 2.50 bits per heavy atom. The molecule has 0 radical (unpaired) electrons. The van der Waals surface area contributed by atoms with E-state index in [-0.39, 0.29) is 5.91 Å². The van der Waals surface area contributed by atoms with Crippen LogP contribution < -0.4 is 0 Å². The summed E-state index contributed by atoms with van der Waals surface area (Å²) in [4.78, 5) is 28.6. The highest BCUT2D eigenvalue weighted by atomic mass is 16.6. The maximum Gasteiger partial charge on any atom is 0.410 e. The lowest BCUT2D eigenvalue weighted by Crippen LogP contribution is -2.53. The van der Waals surface area contributed by atoms with E-state index in [1.54, 1.807) is 29.0 Å². The summed E-state index contributed by atoms with van der Waals surface area (Å²) in [7, 11) is 1.74. The van der Waals surface area contributed by atoms with Crippen LogP contribution >= 0.6 is 0 Å². The maximum atomic E-state index is 12.9. The van der Waals surface area contributed by atoms with Crippen molar-refractivity contribution in [1.29, 1.82) is 5.26 Å². The smallest absolute Gasteiger partial charge is 0.410 e. The first-order valence-corrected chi connectivity index (χ1v) is 8.95. The normalized spacial score (nSPS) is 17.3. The minimum absolute atomic E-state index is 0.0834. The van der Waals surface area contributed by atoms with Gasteiger partial charge in [-0.05, 0) is 57.7 Å². The molecule has 2 rings (SSSR count). The van der Waals surface area contributed by atoms with E-state index in [4.69, 9.17) is 10.00 Å². The van der Waals surface area contributed by atoms with Gasteiger partial charge in [-0.3, -0.25) is 9.69 Å². The van der Waals surface area contributed by atoms with Crippen LogP contribution in [-0.2, 0) is 16.1 Å². The number of amides is 2. The topological polar surface area (TPSA) is 73.6 Å². The third kappa shape index (κ3) is 5.22. The number of carbonyl (C=O) groups is 2. The summed E-state index contributed by atoms with van der Waals surface area (Å²) in [6.45, 7) is 6.44. The van der Waals surface area contributed by atoms with Crippen molar-refractivity contribution in [1.82, 2.24) is 9.80 Å². The van der Waals surface area contributed by atoms with Gasteiger partial charge in [-0.1, -0.05) is 12.1 Å². The Labute approximate surface area is 155 Å². The van der Waals surface area contributed by atoms with Crippen molar-refractivity contribution in [3.63, 3.8) is 0 Å². The number of likely N-dealkylation sites (tertiary alicyclic amines) is 1. The first-order valence-electron chi connectivity index (χ1n) is 8.95. The van der Waals surface area contributed by atoms with Gasteiger partial charge in [0.15, 0.2) is 0 Å². The molecule has 140 valence electrons. The molecule has 1 aromatic rings. The molecule has 1 fully saturated rings. The Morgan fingerprint density at radius 2 is 1.92 bits per heavy atom. The van der Waals surface area contributed by atoms with Crippen molar-refractivity contribution in [3.8, 4) is 6.07 Å². The van der Waals surface area contributed by atoms with Crippen molar-refractivity contribution in [2.75, 3.05) is 13.6 Å². The van der Waals surface area contributed by atoms with Crippen LogP contribution in [0.25, 0.3) is 0 Å². The molecular formula is C20H27N3O3. The van der Waals surface area contributed by atoms with E-state index in [9.17, 15) is 9.59 Å². The second-order valence-electron chi connectivity index (χ2n) is 7.69. The van der Waals surface area contributed by atoms with Crippen LogP contribution in [0.1, 0.15) is 51.2 Å². The van der Waals surface area contributed by atoms with Gasteiger partial charge < -0.3 is 9.64 Å². The Bertz CT molecular complexity index is 686. The molecule has 1 heterocycles. The fraction of sp³-hybridized carbons (Fsp3) is 0.550. The third-order valence-electron chi connectivity index (χ3n) is 4.29. The predicted octanol–water partition coefficient (Wildman–Crippen LogP) is 3.31. The molecule has 2 amide bonds. The quantitative estimate of drug-likeness (QED) is 0.832. The SMILES string of the molecule is CN(Cc1ccc(C#N)cc1)C(=O)C1CCCCN1C(=O)OC(C)(C)C. The lowest BCUT2D eigenvalue weighted by atomic mass is 10.0. The number of hydrogen-bond acceptors (Lipinski definition) is 4. The molecule has 0 aromatic heterocycles. The fourth-order valence-corrected chi connectivity index (χ4v) is 3.02. The molecule has 6 nitrogen and oxygen atoms in total. The van der Waals surface area contributed by atoms with Crippen molar-refractivity contribution in [2.45, 2.75) is 58.2 Å². The lowest BCUT2D eigenvalue weighted by molar-refractivity contribution is -0.137. The molecule has 1 aromatic carbocycles. The van der Waals surface area contributed by atoms with E-state index >= 15 is 0 Å². The first-order chi connectivity index (χ1) is 12.2. The van der Waals surface area contributed by atoms with E-state index < -0.39 is 17.7 Å². The lowest BCUT2D eigenvalue weighted by Gasteiger charge is -2.37. The van der Waals surface area contributed by atoms with E-state index in [1.807, 2.05) is 32.9 Å². The van der Waals surface area contributed by atoms with Gasteiger partial charge in [-0.15, -0.1) is 0 Å². The van der Waals surface area contributed by atoms with Gasteiger partial charge in [0.2, 0.25) is 5.91 Å². The second kappa shape index (κ2) is 8.22. The number of nitrogens with zero attached hydrogens (tertiary/aromatic N) is 3. The number of carbonyl (C=O) groups excluding carboxylic acids is 2. The van der Waals surface area contributed by atoms with Crippen LogP contribution in [0.4, 0.5) is 4.79 Å². The van der Waals surface area contributed by atoms with Gasteiger partial charge >= 0.3 is 6.09 Å². The van der Waals surface area contributed by atoms with Gasteiger partial charge in [0.25, 0.3) is 0 Å². The van der Waals surface area contributed by atoms with E-state index in [0.29, 0.717) is 25.1 Å². The van der Waals surface area contributed by atoms with Gasteiger partial charge in [0.05, 0.1) is 11.6 Å². The zero-order chi connectivity index (χ0) is 19.3. The van der Waals surface area contributed by atoms with Crippen molar-refractivity contribution in [3.05, 3.63) is 35.4 Å². The number of ether oxygens (including phenoxy) is 1. The van der Waals surface area contributed by atoms with Crippen LogP contribution in [0.5, 0.6) is 0 Å². The summed E-state index contributed by atoms with van der Waals surface area (Å²) in [5.41, 5.74) is 0.946. The molecular weight excluding hydrogens is 330 g/mol. The Morgan fingerprint density at radius 1 is 1.27 bits per heavy atom. The standard InChI is InChI=1S/C20H27N3O3/c1-20(2,3)26-19(25)23-12-6-5-7-17(23)18(24)22(4)14-16-10-8-15(13-21)9-11-16/h8-11,17H,5-7,12,14H2,1-4H3. The van der Waals surface area contributed by atoms with Crippen molar-refractivity contribution in [2.24, 2.45) is 0 Å². The summed E-state index contributed by atoms with van der Waals surface area (Å²) in [6, 6.07) is 8.75. The number of rotatable bonds is 3. The Hall–Kier alpha value is -2.55. The molecule has 0 N–H and O–H groups in total. The minimum Gasteiger partial charge on any atom is -0.444 e. The highest BCUT2D eigenvalue weighted by Gasteiger charge is 2.36. The van der Waals surface area contributed by atoms with Gasteiger partial charge in [0.1, 0.15) is 11.6 Å². The highest BCUT2D eigenvalue weighted by molar-refractivity contribution is 5.85. The maximum absolute atomic E-state index is 12.9. The van der Waals surface area contributed by atoms with Gasteiger partial charge in [0, 0.05) is 20.1 Å². The number of hydrogen-bond donors (Lipinski definition) is 0. The summed E-state index contributed by atoms with van der Waals surface area (Å²) in [6.07, 6.45) is 2.01. The molecule has 0 spiro atoms. The number of piperidine rings is 1. The van der Waals surface area contributed by atoms with Crippen LogP contribution in [0, 0.1) is 11.3 Å². The molecule has 0 bridgehead atoms. The van der Waals surface area contributed by atoms with Crippen LogP contribution in [0.15, 0.2) is 24.3 Å².